The number of rotatable bonds is 4. The Bertz CT molecular complexity index is 617. The molecule has 0 saturated heterocycles. The zero-order valence-corrected chi connectivity index (χ0v) is 14.1. The van der Waals surface area contributed by atoms with Crippen molar-refractivity contribution in [3.05, 3.63) is 62.0 Å². The molecule has 0 amide bonds. The Morgan fingerprint density at radius 1 is 1.20 bits per heavy atom. The minimum atomic E-state index is 0.0281. The lowest BCUT2D eigenvalue weighted by molar-refractivity contribution is 0.783. The molecule has 0 saturated carbocycles. The number of aryl methyl sites for hydroxylation is 1. The summed E-state index contributed by atoms with van der Waals surface area (Å²) in [4.78, 5) is 0. The van der Waals surface area contributed by atoms with Crippen molar-refractivity contribution in [1.82, 2.24) is 0 Å². The monoisotopic (exact) mass is 372 g/mol. The molecular weight excluding hydrogens is 359 g/mol. The van der Waals surface area contributed by atoms with Crippen LogP contribution in [0, 0.1) is 6.92 Å². The van der Waals surface area contributed by atoms with Crippen molar-refractivity contribution in [2.45, 2.75) is 13.0 Å². The largest absolute Gasteiger partial charge is 0.377 e. The molecule has 0 radical (unpaired) electrons. The zero-order valence-electron chi connectivity index (χ0n) is 11.0. The second-order valence-corrected chi connectivity index (χ2v) is 6.26. The molecule has 1 atom stereocenters. The van der Waals surface area contributed by atoms with Crippen LogP contribution in [0.4, 0.5) is 5.69 Å². The van der Waals surface area contributed by atoms with Gasteiger partial charge in [0.25, 0.3) is 0 Å². The quantitative estimate of drug-likeness (QED) is 0.775. The van der Waals surface area contributed by atoms with Gasteiger partial charge in [0.1, 0.15) is 0 Å². The Labute approximate surface area is 137 Å². The smallest absolute Gasteiger partial charge is 0.0638 e. The molecule has 0 fully saturated rings. The Kier molecular flexibility index (Phi) is 5.33. The molecule has 20 heavy (non-hydrogen) atoms. The standard InChI is InChI=1S/C15H15BrCl2N2/c1-9-6-10(17)2-4-12(9)15(8-19)20-11-3-5-14(18)13(16)7-11/h2-7,15,20H,8,19H2,1H3. The number of benzene rings is 2. The van der Waals surface area contributed by atoms with Gasteiger partial charge in [-0.15, -0.1) is 0 Å². The van der Waals surface area contributed by atoms with Gasteiger partial charge in [-0.05, 0) is 64.3 Å². The average molecular weight is 374 g/mol. The maximum absolute atomic E-state index is 6.00. The van der Waals surface area contributed by atoms with E-state index in [0.29, 0.717) is 11.6 Å². The highest BCUT2D eigenvalue weighted by molar-refractivity contribution is 9.10. The van der Waals surface area contributed by atoms with Gasteiger partial charge in [-0.1, -0.05) is 29.3 Å². The first kappa shape index (κ1) is 15.6. The first-order valence-corrected chi connectivity index (χ1v) is 7.74. The van der Waals surface area contributed by atoms with Crippen molar-refractivity contribution in [2.75, 3.05) is 11.9 Å². The van der Waals surface area contributed by atoms with E-state index in [1.807, 2.05) is 43.3 Å². The minimum absolute atomic E-state index is 0.0281. The van der Waals surface area contributed by atoms with E-state index in [9.17, 15) is 0 Å². The van der Waals surface area contributed by atoms with E-state index < -0.39 is 0 Å². The summed E-state index contributed by atoms with van der Waals surface area (Å²) >= 11 is 15.4. The van der Waals surface area contributed by atoms with Crippen LogP contribution in [0.2, 0.25) is 10.0 Å². The summed E-state index contributed by atoms with van der Waals surface area (Å²) in [5.41, 5.74) is 9.12. The van der Waals surface area contributed by atoms with Gasteiger partial charge in [-0.3, -0.25) is 0 Å². The summed E-state index contributed by atoms with van der Waals surface area (Å²) in [5.74, 6) is 0. The molecule has 0 aromatic heterocycles. The summed E-state index contributed by atoms with van der Waals surface area (Å²) < 4.78 is 0.854. The molecule has 2 rings (SSSR count). The number of anilines is 1. The minimum Gasteiger partial charge on any atom is -0.377 e. The van der Waals surface area contributed by atoms with Crippen LogP contribution >= 0.6 is 39.1 Å². The Hall–Kier alpha value is -0.740. The van der Waals surface area contributed by atoms with E-state index in [0.717, 1.165) is 26.3 Å². The fraction of sp³-hybridized carbons (Fsp3) is 0.200. The van der Waals surface area contributed by atoms with Crippen molar-refractivity contribution < 1.29 is 0 Å². The number of hydrogen-bond donors (Lipinski definition) is 2. The van der Waals surface area contributed by atoms with E-state index in [-0.39, 0.29) is 6.04 Å². The number of halogens is 3. The van der Waals surface area contributed by atoms with Gasteiger partial charge in [0.15, 0.2) is 0 Å². The van der Waals surface area contributed by atoms with Crippen LogP contribution in [0.5, 0.6) is 0 Å². The van der Waals surface area contributed by atoms with E-state index in [1.165, 1.54) is 0 Å². The van der Waals surface area contributed by atoms with Crippen LogP contribution in [0.3, 0.4) is 0 Å². The Morgan fingerprint density at radius 2 is 1.95 bits per heavy atom. The third-order valence-corrected chi connectivity index (χ3v) is 4.55. The molecule has 5 heteroatoms. The second-order valence-electron chi connectivity index (χ2n) is 4.56. The van der Waals surface area contributed by atoms with Crippen molar-refractivity contribution in [1.29, 1.82) is 0 Å². The molecule has 2 aromatic carbocycles. The van der Waals surface area contributed by atoms with Crippen molar-refractivity contribution in [2.24, 2.45) is 5.73 Å². The molecule has 3 N–H and O–H groups in total. The molecule has 0 aliphatic rings. The Balaban J connectivity index is 2.26. The molecule has 0 heterocycles. The molecule has 0 aliphatic carbocycles. The van der Waals surface area contributed by atoms with Gasteiger partial charge in [0, 0.05) is 21.7 Å². The van der Waals surface area contributed by atoms with Crippen molar-refractivity contribution >= 4 is 44.8 Å². The van der Waals surface area contributed by atoms with E-state index >= 15 is 0 Å². The summed E-state index contributed by atoms with van der Waals surface area (Å²) in [6.07, 6.45) is 0. The van der Waals surface area contributed by atoms with Gasteiger partial charge in [-0.25, -0.2) is 0 Å². The van der Waals surface area contributed by atoms with Gasteiger partial charge in [0.2, 0.25) is 0 Å². The predicted octanol–water partition coefficient (Wildman–Crippen LogP) is 5.18. The van der Waals surface area contributed by atoms with Crippen LogP contribution in [-0.4, -0.2) is 6.54 Å². The van der Waals surface area contributed by atoms with Crippen LogP contribution in [0.15, 0.2) is 40.9 Å². The first-order chi connectivity index (χ1) is 9.51. The summed E-state index contributed by atoms with van der Waals surface area (Å²) in [6.45, 7) is 2.52. The molecule has 106 valence electrons. The lowest BCUT2D eigenvalue weighted by Crippen LogP contribution is -2.21. The highest BCUT2D eigenvalue weighted by Crippen LogP contribution is 2.29. The molecule has 1 unspecified atom stereocenters. The highest BCUT2D eigenvalue weighted by Gasteiger charge is 2.13. The SMILES string of the molecule is Cc1cc(Cl)ccc1C(CN)Nc1ccc(Cl)c(Br)c1. The third kappa shape index (κ3) is 3.67. The molecule has 2 aromatic rings. The van der Waals surface area contributed by atoms with Crippen LogP contribution in [-0.2, 0) is 0 Å². The molecule has 0 bridgehead atoms. The predicted molar refractivity (Wildman–Crippen MR) is 90.8 cm³/mol. The van der Waals surface area contributed by atoms with Gasteiger partial charge in [-0.2, -0.15) is 0 Å². The van der Waals surface area contributed by atoms with Crippen LogP contribution in [0.1, 0.15) is 17.2 Å². The molecular formula is C15H15BrCl2N2. The fourth-order valence-corrected chi connectivity index (χ4v) is 2.80. The third-order valence-electron chi connectivity index (χ3n) is 3.10. The van der Waals surface area contributed by atoms with Gasteiger partial charge < -0.3 is 11.1 Å². The van der Waals surface area contributed by atoms with E-state index in [2.05, 4.69) is 21.2 Å². The zero-order chi connectivity index (χ0) is 14.7. The van der Waals surface area contributed by atoms with Crippen LogP contribution in [0.25, 0.3) is 0 Å². The lowest BCUT2D eigenvalue weighted by Gasteiger charge is -2.21. The maximum atomic E-state index is 6.00. The fourth-order valence-electron chi connectivity index (χ4n) is 2.08. The topological polar surface area (TPSA) is 38.0 Å². The summed E-state index contributed by atoms with van der Waals surface area (Å²) in [5, 5.41) is 4.83. The molecule has 0 spiro atoms. The number of nitrogens with two attached hydrogens (primary N) is 1. The first-order valence-electron chi connectivity index (χ1n) is 6.19. The van der Waals surface area contributed by atoms with E-state index in [4.69, 9.17) is 28.9 Å². The maximum Gasteiger partial charge on any atom is 0.0638 e. The van der Waals surface area contributed by atoms with E-state index in [1.54, 1.807) is 0 Å². The number of nitrogens with one attached hydrogen (secondary N) is 1. The molecule has 2 nitrogen and oxygen atoms in total. The summed E-state index contributed by atoms with van der Waals surface area (Å²) in [6, 6.07) is 11.6. The highest BCUT2D eigenvalue weighted by atomic mass is 79.9. The van der Waals surface area contributed by atoms with Gasteiger partial charge in [0.05, 0.1) is 11.1 Å². The lowest BCUT2D eigenvalue weighted by atomic mass is 10.0. The second kappa shape index (κ2) is 6.81. The van der Waals surface area contributed by atoms with Gasteiger partial charge >= 0.3 is 0 Å². The molecule has 0 aliphatic heterocycles. The van der Waals surface area contributed by atoms with Crippen molar-refractivity contribution in [3.8, 4) is 0 Å². The summed E-state index contributed by atoms with van der Waals surface area (Å²) in [7, 11) is 0. The normalized spacial score (nSPS) is 12.2. The average Bonchev–Trinajstić information content (AvgIpc) is 2.41. The Morgan fingerprint density at radius 3 is 2.55 bits per heavy atom. The number of hydrogen-bond acceptors (Lipinski definition) is 2. The van der Waals surface area contributed by atoms with Crippen molar-refractivity contribution in [3.63, 3.8) is 0 Å². The van der Waals surface area contributed by atoms with Crippen LogP contribution < -0.4 is 11.1 Å².